The molecular formula is C13H11NO6. The second kappa shape index (κ2) is 5.04. The van der Waals surface area contributed by atoms with Gasteiger partial charge in [0.05, 0.1) is 25.2 Å². The van der Waals surface area contributed by atoms with Crippen LogP contribution in [0.15, 0.2) is 23.0 Å². The summed E-state index contributed by atoms with van der Waals surface area (Å²) in [6, 6.07) is 4.02. The van der Waals surface area contributed by atoms with E-state index in [9.17, 15) is 19.5 Å². The van der Waals surface area contributed by atoms with Crippen molar-refractivity contribution in [3.8, 4) is 5.75 Å². The zero-order valence-corrected chi connectivity index (χ0v) is 10.7. The van der Waals surface area contributed by atoms with Gasteiger partial charge in [0.1, 0.15) is 0 Å². The minimum atomic E-state index is -0.862. The molecule has 0 unspecified atom stereocenters. The van der Waals surface area contributed by atoms with Crippen LogP contribution in [0.5, 0.6) is 5.75 Å². The molecule has 0 bridgehead atoms. The van der Waals surface area contributed by atoms with Gasteiger partial charge in [0.2, 0.25) is 0 Å². The van der Waals surface area contributed by atoms with Gasteiger partial charge in [-0.3, -0.25) is 4.79 Å². The van der Waals surface area contributed by atoms with Crippen molar-refractivity contribution in [1.29, 1.82) is 0 Å². The van der Waals surface area contributed by atoms with Crippen LogP contribution >= 0.6 is 0 Å². The fraction of sp³-hybridized carbons (Fsp3) is 0.154. The summed E-state index contributed by atoms with van der Waals surface area (Å²) in [5.41, 5.74) is -0.796. The normalized spacial score (nSPS) is 10.3. The Bertz CT molecular complexity index is 761. The molecule has 0 aliphatic rings. The first-order valence-electron chi connectivity index (χ1n) is 5.55. The van der Waals surface area contributed by atoms with E-state index in [2.05, 4.69) is 14.5 Å². The van der Waals surface area contributed by atoms with E-state index in [1.807, 2.05) is 0 Å². The van der Waals surface area contributed by atoms with Gasteiger partial charge >= 0.3 is 11.9 Å². The lowest BCUT2D eigenvalue weighted by Gasteiger charge is -2.07. The monoisotopic (exact) mass is 277 g/mol. The van der Waals surface area contributed by atoms with Crippen LogP contribution in [-0.4, -0.2) is 36.2 Å². The molecule has 0 fully saturated rings. The highest BCUT2D eigenvalue weighted by Crippen LogP contribution is 2.26. The van der Waals surface area contributed by atoms with Gasteiger partial charge in [0.25, 0.3) is 5.56 Å². The molecule has 0 amide bonds. The zero-order valence-electron chi connectivity index (χ0n) is 10.7. The van der Waals surface area contributed by atoms with Gasteiger partial charge < -0.3 is 19.6 Å². The first-order chi connectivity index (χ1) is 9.49. The number of benzene rings is 1. The number of carbonyl (C=O) groups excluding carboxylic acids is 2. The van der Waals surface area contributed by atoms with Crippen molar-refractivity contribution in [2.24, 2.45) is 0 Å². The molecule has 0 saturated carbocycles. The second-order valence-corrected chi connectivity index (χ2v) is 3.92. The highest BCUT2D eigenvalue weighted by molar-refractivity contribution is 6.01. The smallest absolute Gasteiger partial charge is 0.358 e. The summed E-state index contributed by atoms with van der Waals surface area (Å²) in [5.74, 6) is -1.88. The molecule has 0 atom stereocenters. The Hall–Kier alpha value is -2.83. The quantitative estimate of drug-likeness (QED) is 0.787. The molecule has 1 aromatic heterocycles. The zero-order chi connectivity index (χ0) is 14.9. The van der Waals surface area contributed by atoms with Crippen molar-refractivity contribution in [2.45, 2.75) is 0 Å². The Balaban J connectivity index is 2.75. The molecule has 0 aliphatic heterocycles. The van der Waals surface area contributed by atoms with Crippen molar-refractivity contribution in [1.82, 2.24) is 4.98 Å². The van der Waals surface area contributed by atoms with E-state index in [0.29, 0.717) is 0 Å². The fourth-order valence-electron chi connectivity index (χ4n) is 1.81. The molecule has 2 rings (SSSR count). The lowest BCUT2D eigenvalue weighted by atomic mass is 10.1. The van der Waals surface area contributed by atoms with E-state index in [-0.39, 0.29) is 22.0 Å². The summed E-state index contributed by atoms with van der Waals surface area (Å²) < 4.78 is 9.00. The number of fused-ring (bicyclic) bond motifs is 1. The van der Waals surface area contributed by atoms with Gasteiger partial charge in [-0.25, -0.2) is 9.59 Å². The Kier molecular flexibility index (Phi) is 3.43. The number of ether oxygens (including phenoxy) is 2. The maximum Gasteiger partial charge on any atom is 0.358 e. The summed E-state index contributed by atoms with van der Waals surface area (Å²) >= 11 is 0. The van der Waals surface area contributed by atoms with Crippen LogP contribution in [-0.2, 0) is 9.47 Å². The second-order valence-electron chi connectivity index (χ2n) is 3.92. The van der Waals surface area contributed by atoms with Crippen LogP contribution in [0, 0.1) is 0 Å². The number of aromatic nitrogens is 1. The number of methoxy groups -OCH3 is 2. The number of hydrogen-bond acceptors (Lipinski definition) is 6. The molecule has 1 heterocycles. The summed E-state index contributed by atoms with van der Waals surface area (Å²) in [4.78, 5) is 37.0. The fourth-order valence-corrected chi connectivity index (χ4v) is 1.81. The lowest BCUT2D eigenvalue weighted by molar-refractivity contribution is 0.0584. The van der Waals surface area contributed by atoms with Crippen LogP contribution in [0.4, 0.5) is 0 Å². The molecule has 7 nitrogen and oxygen atoms in total. The predicted octanol–water partition coefficient (Wildman–Crippen LogP) is 0.807. The Morgan fingerprint density at radius 2 is 1.75 bits per heavy atom. The van der Waals surface area contributed by atoms with Crippen LogP contribution in [0.25, 0.3) is 10.8 Å². The summed E-state index contributed by atoms with van der Waals surface area (Å²) in [6.45, 7) is 0. The summed E-state index contributed by atoms with van der Waals surface area (Å²) in [7, 11) is 2.35. The van der Waals surface area contributed by atoms with Gasteiger partial charge in [-0.15, -0.1) is 0 Å². The predicted molar refractivity (Wildman–Crippen MR) is 68.9 cm³/mol. The van der Waals surface area contributed by atoms with Gasteiger partial charge in [-0.05, 0) is 18.2 Å². The van der Waals surface area contributed by atoms with Crippen LogP contribution < -0.4 is 5.56 Å². The van der Waals surface area contributed by atoms with E-state index in [1.54, 1.807) is 0 Å². The number of H-pyrrole nitrogens is 1. The first kappa shape index (κ1) is 13.6. The number of aromatic hydroxyl groups is 1. The van der Waals surface area contributed by atoms with E-state index in [4.69, 9.17) is 0 Å². The molecular weight excluding hydrogens is 266 g/mol. The van der Waals surface area contributed by atoms with Crippen LogP contribution in [0.1, 0.15) is 20.8 Å². The average molecular weight is 277 g/mol. The van der Waals surface area contributed by atoms with E-state index >= 15 is 0 Å². The minimum absolute atomic E-state index is 0.0676. The largest absolute Gasteiger partial charge is 0.505 e. The molecule has 104 valence electrons. The number of nitrogens with one attached hydrogen (secondary N) is 1. The molecule has 0 aliphatic carbocycles. The molecule has 2 N–H and O–H groups in total. The van der Waals surface area contributed by atoms with E-state index in [0.717, 1.165) is 7.11 Å². The summed E-state index contributed by atoms with van der Waals surface area (Å²) in [6.07, 6.45) is 0. The highest BCUT2D eigenvalue weighted by atomic mass is 16.5. The molecule has 0 radical (unpaired) electrons. The van der Waals surface area contributed by atoms with Crippen LogP contribution in [0.2, 0.25) is 0 Å². The molecule has 7 heteroatoms. The number of carbonyl (C=O) groups is 2. The van der Waals surface area contributed by atoms with Gasteiger partial charge in [-0.1, -0.05) is 0 Å². The Morgan fingerprint density at radius 3 is 2.35 bits per heavy atom. The van der Waals surface area contributed by atoms with Gasteiger partial charge in [0.15, 0.2) is 11.4 Å². The standard InChI is InChI=1S/C13H11NO6/c1-19-12(17)6-3-4-7-8(5-6)11(16)14-9(10(7)15)13(18)20-2/h3-5,15H,1-2H3,(H,14,16). The van der Waals surface area contributed by atoms with Crippen LogP contribution in [0.3, 0.4) is 0 Å². The molecule has 0 saturated heterocycles. The molecule has 1 aromatic carbocycles. The van der Waals surface area contributed by atoms with Gasteiger partial charge in [0, 0.05) is 5.39 Å². The molecule has 2 aromatic rings. The lowest BCUT2D eigenvalue weighted by Crippen LogP contribution is -2.15. The highest BCUT2D eigenvalue weighted by Gasteiger charge is 2.18. The number of rotatable bonds is 2. The topological polar surface area (TPSA) is 106 Å². The number of pyridine rings is 1. The maximum absolute atomic E-state index is 11.9. The average Bonchev–Trinajstić information content (AvgIpc) is 2.48. The van der Waals surface area contributed by atoms with Crippen molar-refractivity contribution in [2.75, 3.05) is 14.2 Å². The van der Waals surface area contributed by atoms with Crippen molar-refractivity contribution < 1.29 is 24.2 Å². The summed E-state index contributed by atoms with van der Waals surface area (Å²) in [5, 5.41) is 10.2. The maximum atomic E-state index is 11.9. The molecule has 20 heavy (non-hydrogen) atoms. The third kappa shape index (κ3) is 2.09. The number of hydrogen-bond donors (Lipinski definition) is 2. The molecule has 0 spiro atoms. The Morgan fingerprint density at radius 1 is 1.10 bits per heavy atom. The minimum Gasteiger partial charge on any atom is -0.505 e. The van der Waals surface area contributed by atoms with Crippen molar-refractivity contribution in [3.05, 3.63) is 39.8 Å². The third-order valence-electron chi connectivity index (χ3n) is 2.81. The third-order valence-corrected chi connectivity index (χ3v) is 2.81. The van der Waals surface area contributed by atoms with Crippen molar-refractivity contribution >= 4 is 22.7 Å². The van der Waals surface area contributed by atoms with Gasteiger partial charge in [-0.2, -0.15) is 0 Å². The first-order valence-corrected chi connectivity index (χ1v) is 5.55. The van der Waals surface area contributed by atoms with Crippen molar-refractivity contribution in [3.63, 3.8) is 0 Å². The number of esters is 2. The van der Waals surface area contributed by atoms with E-state index in [1.165, 1.54) is 25.3 Å². The Labute approximate surface area is 112 Å². The SMILES string of the molecule is COC(=O)c1ccc2c(O)c(C(=O)OC)[nH]c(=O)c2c1. The number of aromatic amines is 1. The van der Waals surface area contributed by atoms with E-state index < -0.39 is 23.2 Å².